The van der Waals surface area contributed by atoms with Crippen LogP contribution in [0, 0.1) is 6.92 Å². The standard InChI is InChI=1S/C27H33N3O2/c1-3-24-26(23-12-10-22(11-13-23)21-8-5-4-6-9-21)25(27(28)31)20(2)30(24)15-7-14-29-16-18-32-19-17-29/h4-6,8-13H,3,7,14-19H2,1-2H3,(H2,28,31). The van der Waals surface area contributed by atoms with Crippen LogP contribution < -0.4 is 5.73 Å². The molecule has 2 aromatic carbocycles. The molecule has 0 atom stereocenters. The third-order valence-corrected chi connectivity index (χ3v) is 6.45. The van der Waals surface area contributed by atoms with Crippen LogP contribution in [0.25, 0.3) is 22.3 Å². The maximum atomic E-state index is 12.5. The fourth-order valence-electron chi connectivity index (χ4n) is 4.82. The lowest BCUT2D eigenvalue weighted by Gasteiger charge is -2.26. The first-order valence-corrected chi connectivity index (χ1v) is 11.6. The molecule has 0 bridgehead atoms. The van der Waals surface area contributed by atoms with Crippen LogP contribution in [0.3, 0.4) is 0 Å². The van der Waals surface area contributed by atoms with Crippen molar-refractivity contribution in [3.05, 3.63) is 71.5 Å². The van der Waals surface area contributed by atoms with Crippen molar-refractivity contribution >= 4 is 5.91 Å². The number of ether oxygens (including phenoxy) is 1. The number of hydrogen-bond donors (Lipinski definition) is 1. The van der Waals surface area contributed by atoms with Gasteiger partial charge >= 0.3 is 0 Å². The first kappa shape index (κ1) is 22.3. The highest BCUT2D eigenvalue weighted by Crippen LogP contribution is 2.34. The van der Waals surface area contributed by atoms with Crippen molar-refractivity contribution in [2.75, 3.05) is 32.8 Å². The average molecular weight is 432 g/mol. The van der Waals surface area contributed by atoms with Crippen LogP contribution in [0.2, 0.25) is 0 Å². The van der Waals surface area contributed by atoms with Crippen molar-refractivity contribution in [3.8, 4) is 22.3 Å². The van der Waals surface area contributed by atoms with Gasteiger partial charge in [0.1, 0.15) is 0 Å². The Hall–Kier alpha value is -2.89. The number of hydrogen-bond acceptors (Lipinski definition) is 3. The van der Waals surface area contributed by atoms with Crippen LogP contribution >= 0.6 is 0 Å². The van der Waals surface area contributed by atoms with Gasteiger partial charge in [-0.2, -0.15) is 0 Å². The highest BCUT2D eigenvalue weighted by molar-refractivity contribution is 6.02. The lowest BCUT2D eigenvalue weighted by molar-refractivity contribution is 0.0369. The molecule has 3 aromatic rings. The fourth-order valence-corrected chi connectivity index (χ4v) is 4.82. The number of nitrogens with two attached hydrogens (primary N) is 1. The maximum absolute atomic E-state index is 12.5. The molecule has 1 saturated heterocycles. The van der Waals surface area contributed by atoms with Crippen molar-refractivity contribution in [3.63, 3.8) is 0 Å². The molecule has 1 amide bonds. The van der Waals surface area contributed by atoms with Crippen LogP contribution in [0.1, 0.15) is 35.1 Å². The summed E-state index contributed by atoms with van der Waals surface area (Å²) in [7, 11) is 0. The molecule has 2 heterocycles. The highest BCUT2D eigenvalue weighted by Gasteiger charge is 2.24. The van der Waals surface area contributed by atoms with Crippen molar-refractivity contribution in [1.29, 1.82) is 0 Å². The molecule has 0 radical (unpaired) electrons. The van der Waals surface area contributed by atoms with Crippen LogP contribution in [0.15, 0.2) is 54.6 Å². The van der Waals surface area contributed by atoms with Crippen molar-refractivity contribution in [1.82, 2.24) is 9.47 Å². The summed E-state index contributed by atoms with van der Waals surface area (Å²) in [6.07, 6.45) is 1.88. The summed E-state index contributed by atoms with van der Waals surface area (Å²) >= 11 is 0. The number of amides is 1. The number of morpholine rings is 1. The number of rotatable bonds is 8. The lowest BCUT2D eigenvalue weighted by atomic mass is 9.96. The van der Waals surface area contributed by atoms with Gasteiger partial charge in [0.05, 0.1) is 18.8 Å². The first-order chi connectivity index (χ1) is 15.6. The molecule has 1 fully saturated rings. The zero-order valence-corrected chi connectivity index (χ0v) is 19.1. The van der Waals surface area contributed by atoms with Gasteiger partial charge in [0.2, 0.25) is 0 Å². The number of benzene rings is 2. The van der Waals surface area contributed by atoms with Gasteiger partial charge in [0.25, 0.3) is 5.91 Å². The fraction of sp³-hybridized carbons (Fsp3) is 0.370. The van der Waals surface area contributed by atoms with Crippen LogP contribution in [-0.2, 0) is 17.7 Å². The van der Waals surface area contributed by atoms with E-state index in [1.165, 1.54) is 11.3 Å². The minimum absolute atomic E-state index is 0.355. The Labute approximate surface area is 190 Å². The Morgan fingerprint density at radius 3 is 2.19 bits per heavy atom. The van der Waals surface area contributed by atoms with Crippen LogP contribution in [0.5, 0.6) is 0 Å². The summed E-state index contributed by atoms with van der Waals surface area (Å²) in [6.45, 7) is 9.73. The summed E-state index contributed by atoms with van der Waals surface area (Å²) in [4.78, 5) is 14.9. The largest absolute Gasteiger partial charge is 0.379 e. The molecule has 1 aromatic heterocycles. The Morgan fingerprint density at radius 2 is 1.56 bits per heavy atom. The molecule has 0 aliphatic carbocycles. The van der Waals surface area contributed by atoms with Gasteiger partial charge in [-0.15, -0.1) is 0 Å². The van der Waals surface area contributed by atoms with E-state index < -0.39 is 0 Å². The van der Waals surface area contributed by atoms with Gasteiger partial charge in [0.15, 0.2) is 0 Å². The van der Waals surface area contributed by atoms with Crippen molar-refractivity contribution in [2.45, 2.75) is 33.2 Å². The Morgan fingerprint density at radius 1 is 0.938 bits per heavy atom. The quantitative estimate of drug-likeness (QED) is 0.571. The second-order valence-corrected chi connectivity index (χ2v) is 8.40. The highest BCUT2D eigenvalue weighted by atomic mass is 16.5. The van der Waals surface area contributed by atoms with Crippen molar-refractivity contribution in [2.24, 2.45) is 5.73 Å². The molecule has 5 nitrogen and oxygen atoms in total. The van der Waals surface area contributed by atoms with Crippen LogP contribution in [-0.4, -0.2) is 48.2 Å². The predicted molar refractivity (Wildman–Crippen MR) is 130 cm³/mol. The number of carbonyl (C=O) groups is 1. The Balaban J connectivity index is 1.63. The number of primary amides is 1. The van der Waals surface area contributed by atoms with Gasteiger partial charge in [-0.25, -0.2) is 0 Å². The van der Waals surface area contributed by atoms with E-state index in [0.29, 0.717) is 5.56 Å². The van der Waals surface area contributed by atoms with E-state index in [1.807, 2.05) is 25.1 Å². The number of nitrogens with zero attached hydrogens (tertiary/aromatic N) is 2. The van der Waals surface area contributed by atoms with E-state index in [1.54, 1.807) is 0 Å². The third kappa shape index (κ3) is 4.64. The molecule has 0 unspecified atom stereocenters. The topological polar surface area (TPSA) is 60.5 Å². The second-order valence-electron chi connectivity index (χ2n) is 8.40. The first-order valence-electron chi connectivity index (χ1n) is 11.6. The molecule has 1 aliphatic heterocycles. The lowest BCUT2D eigenvalue weighted by Crippen LogP contribution is -2.37. The second kappa shape index (κ2) is 10.2. The minimum Gasteiger partial charge on any atom is -0.379 e. The van der Waals surface area contributed by atoms with E-state index in [4.69, 9.17) is 10.5 Å². The Bertz CT molecular complexity index is 1050. The molecule has 2 N–H and O–H groups in total. The smallest absolute Gasteiger partial charge is 0.251 e. The summed E-state index contributed by atoms with van der Waals surface area (Å²) in [6, 6.07) is 18.8. The third-order valence-electron chi connectivity index (χ3n) is 6.45. The van der Waals surface area contributed by atoms with E-state index in [9.17, 15) is 4.79 Å². The average Bonchev–Trinajstić information content (AvgIpc) is 3.12. The summed E-state index contributed by atoms with van der Waals surface area (Å²) < 4.78 is 7.76. The number of aromatic nitrogens is 1. The molecule has 32 heavy (non-hydrogen) atoms. The number of carbonyl (C=O) groups excluding carboxylic acids is 1. The van der Waals surface area contributed by atoms with E-state index in [0.717, 1.165) is 74.6 Å². The molecular weight excluding hydrogens is 398 g/mol. The van der Waals surface area contributed by atoms with Crippen molar-refractivity contribution < 1.29 is 9.53 Å². The Kier molecular flexibility index (Phi) is 7.08. The molecule has 0 saturated carbocycles. The van der Waals surface area contributed by atoms with Crippen LogP contribution in [0.4, 0.5) is 0 Å². The molecule has 1 aliphatic rings. The molecule has 0 spiro atoms. The van der Waals surface area contributed by atoms with Gasteiger partial charge in [-0.3, -0.25) is 9.69 Å². The molecular formula is C27H33N3O2. The minimum atomic E-state index is -0.355. The summed E-state index contributed by atoms with van der Waals surface area (Å²) in [5.41, 5.74) is 13.1. The molecule has 5 heteroatoms. The zero-order valence-electron chi connectivity index (χ0n) is 19.1. The summed E-state index contributed by atoms with van der Waals surface area (Å²) in [5, 5.41) is 0. The molecule has 168 valence electrons. The zero-order chi connectivity index (χ0) is 22.5. The summed E-state index contributed by atoms with van der Waals surface area (Å²) in [5.74, 6) is -0.355. The van der Waals surface area contributed by atoms with Gasteiger partial charge in [-0.1, -0.05) is 61.5 Å². The van der Waals surface area contributed by atoms with Gasteiger partial charge in [-0.05, 0) is 36.5 Å². The SMILES string of the molecule is CCc1c(-c2ccc(-c3ccccc3)cc2)c(C(N)=O)c(C)n1CCCN1CCOCC1. The maximum Gasteiger partial charge on any atom is 0.251 e. The van der Waals surface area contributed by atoms with Gasteiger partial charge in [0, 0.05) is 43.1 Å². The molecule has 4 rings (SSSR count). The monoisotopic (exact) mass is 431 g/mol. The van der Waals surface area contributed by atoms with Gasteiger partial charge < -0.3 is 15.0 Å². The predicted octanol–water partition coefficient (Wildman–Crippen LogP) is 4.51. The van der Waals surface area contributed by atoms with E-state index in [2.05, 4.69) is 52.8 Å². The van der Waals surface area contributed by atoms with E-state index in [-0.39, 0.29) is 5.91 Å². The normalized spacial score (nSPS) is 14.6. The van der Waals surface area contributed by atoms with E-state index >= 15 is 0 Å².